The summed E-state index contributed by atoms with van der Waals surface area (Å²) in [7, 11) is 1.76. The average Bonchev–Trinajstić information content (AvgIpc) is 3.21. The number of aromatic nitrogens is 2. The van der Waals surface area contributed by atoms with Crippen LogP contribution in [0.5, 0.6) is 0 Å². The van der Waals surface area contributed by atoms with Gasteiger partial charge in [0.15, 0.2) is 5.96 Å². The Balaban J connectivity index is 0.00000243. The number of nitrogens with zero attached hydrogens (tertiary/aromatic N) is 3. The molecule has 0 atom stereocenters. The van der Waals surface area contributed by atoms with E-state index in [2.05, 4.69) is 44.8 Å². The van der Waals surface area contributed by atoms with Crippen molar-refractivity contribution in [2.45, 2.75) is 32.9 Å². The van der Waals surface area contributed by atoms with Crippen LogP contribution >= 0.6 is 58.3 Å². The normalized spacial score (nSPS) is 11.7. The molecule has 0 aliphatic heterocycles. The zero-order valence-electron chi connectivity index (χ0n) is 14.7. The molecule has 0 aliphatic carbocycles. The predicted molar refractivity (Wildman–Crippen MR) is 123 cm³/mol. The Labute approximate surface area is 183 Å². The van der Waals surface area contributed by atoms with Crippen molar-refractivity contribution in [2.75, 3.05) is 7.05 Å². The first-order chi connectivity index (χ1) is 12.0. The molecule has 0 saturated carbocycles. The third kappa shape index (κ3) is 5.51. The molecule has 140 valence electrons. The van der Waals surface area contributed by atoms with Gasteiger partial charge < -0.3 is 10.6 Å². The number of guanidine groups is 1. The van der Waals surface area contributed by atoms with E-state index in [1.807, 2.05) is 18.2 Å². The maximum Gasteiger partial charge on any atom is 0.191 e. The summed E-state index contributed by atoms with van der Waals surface area (Å²) < 4.78 is 1.13. The van der Waals surface area contributed by atoms with E-state index in [9.17, 15) is 0 Å². The molecule has 9 heteroatoms. The van der Waals surface area contributed by atoms with Crippen LogP contribution in [-0.2, 0) is 13.1 Å². The van der Waals surface area contributed by atoms with Crippen LogP contribution in [-0.4, -0.2) is 23.0 Å². The van der Waals surface area contributed by atoms with Crippen molar-refractivity contribution in [2.24, 2.45) is 4.99 Å². The molecular formula is C17H21ClIN5S2. The first-order valence-electron chi connectivity index (χ1n) is 7.99. The fourth-order valence-electron chi connectivity index (χ4n) is 2.23. The van der Waals surface area contributed by atoms with Crippen LogP contribution < -0.4 is 10.6 Å². The zero-order valence-corrected chi connectivity index (χ0v) is 19.5. The summed E-state index contributed by atoms with van der Waals surface area (Å²) in [6.07, 6.45) is 0. The van der Waals surface area contributed by atoms with Gasteiger partial charge in [0.05, 0.1) is 29.0 Å². The summed E-state index contributed by atoms with van der Waals surface area (Å²) in [5.41, 5.74) is 2.07. The molecule has 2 heterocycles. The van der Waals surface area contributed by atoms with Crippen molar-refractivity contribution in [1.29, 1.82) is 0 Å². The standard InChI is InChI=1S/C17H20ClN5S2.HI/c1-10(2)13-9-24-15(23-13)7-20-17(19-3)21-8-16-22-12-6-11(18)4-5-14(12)25-16;/h4-6,9-10H,7-8H2,1-3H3,(H2,19,20,21);1H. The summed E-state index contributed by atoms with van der Waals surface area (Å²) in [5.74, 6) is 1.19. The minimum atomic E-state index is 0. The van der Waals surface area contributed by atoms with Crippen molar-refractivity contribution in [1.82, 2.24) is 20.6 Å². The quantitative estimate of drug-likeness (QED) is 0.281. The Morgan fingerprint density at radius 3 is 2.58 bits per heavy atom. The van der Waals surface area contributed by atoms with E-state index in [-0.39, 0.29) is 24.0 Å². The second-order valence-corrected chi connectivity index (χ2v) is 8.31. The highest BCUT2D eigenvalue weighted by Gasteiger charge is 2.08. The summed E-state index contributed by atoms with van der Waals surface area (Å²) in [5, 5.41) is 11.5. The lowest BCUT2D eigenvalue weighted by molar-refractivity contribution is 0.784. The number of hydrogen-bond donors (Lipinski definition) is 2. The van der Waals surface area contributed by atoms with Crippen LogP contribution in [0.25, 0.3) is 10.2 Å². The Kier molecular flexibility index (Phi) is 8.05. The van der Waals surface area contributed by atoms with Crippen LogP contribution in [0.4, 0.5) is 0 Å². The van der Waals surface area contributed by atoms with Gasteiger partial charge in [0.25, 0.3) is 0 Å². The summed E-state index contributed by atoms with van der Waals surface area (Å²) in [4.78, 5) is 13.5. The zero-order chi connectivity index (χ0) is 17.8. The lowest BCUT2D eigenvalue weighted by Crippen LogP contribution is -2.36. The number of hydrogen-bond acceptors (Lipinski definition) is 5. The largest absolute Gasteiger partial charge is 0.350 e. The Hall–Kier alpha value is -0.970. The monoisotopic (exact) mass is 521 g/mol. The van der Waals surface area contributed by atoms with Gasteiger partial charge in [-0.3, -0.25) is 4.99 Å². The fourth-order valence-corrected chi connectivity index (χ4v) is 4.18. The molecule has 0 amide bonds. The number of fused-ring (bicyclic) bond motifs is 1. The molecule has 0 saturated heterocycles. The van der Waals surface area contributed by atoms with Crippen LogP contribution in [0.3, 0.4) is 0 Å². The van der Waals surface area contributed by atoms with E-state index in [0.29, 0.717) is 24.0 Å². The Bertz CT molecular complexity index is 890. The van der Waals surface area contributed by atoms with Crippen LogP contribution in [0.15, 0.2) is 28.6 Å². The van der Waals surface area contributed by atoms with Crippen molar-refractivity contribution >= 4 is 74.4 Å². The Morgan fingerprint density at radius 2 is 1.92 bits per heavy atom. The van der Waals surface area contributed by atoms with Crippen LogP contribution in [0, 0.1) is 0 Å². The van der Waals surface area contributed by atoms with E-state index in [4.69, 9.17) is 11.6 Å². The summed E-state index contributed by atoms with van der Waals surface area (Å²) in [6.45, 7) is 5.58. The summed E-state index contributed by atoms with van der Waals surface area (Å²) >= 11 is 9.34. The second kappa shape index (κ2) is 9.82. The second-order valence-electron chi connectivity index (χ2n) is 5.82. The lowest BCUT2D eigenvalue weighted by atomic mass is 10.2. The third-order valence-corrected chi connectivity index (χ3v) is 5.73. The SMILES string of the molecule is CN=C(NCc1nc(C(C)C)cs1)NCc1nc2cc(Cl)ccc2s1.I. The van der Waals surface area contributed by atoms with E-state index in [1.54, 1.807) is 29.7 Å². The molecule has 5 nitrogen and oxygen atoms in total. The number of benzene rings is 1. The highest BCUT2D eigenvalue weighted by Crippen LogP contribution is 2.24. The molecule has 0 spiro atoms. The van der Waals surface area contributed by atoms with Crippen LogP contribution in [0.2, 0.25) is 5.02 Å². The van der Waals surface area contributed by atoms with E-state index < -0.39 is 0 Å². The van der Waals surface area contributed by atoms with Gasteiger partial charge >= 0.3 is 0 Å². The average molecular weight is 522 g/mol. The van der Waals surface area contributed by atoms with Crippen molar-refractivity contribution in [3.63, 3.8) is 0 Å². The fraction of sp³-hybridized carbons (Fsp3) is 0.353. The molecule has 2 aromatic heterocycles. The highest BCUT2D eigenvalue weighted by atomic mass is 127. The molecule has 0 unspecified atom stereocenters. The highest BCUT2D eigenvalue weighted by molar-refractivity contribution is 14.0. The molecule has 2 N–H and O–H groups in total. The first-order valence-corrected chi connectivity index (χ1v) is 10.1. The van der Waals surface area contributed by atoms with Gasteiger partial charge in [-0.1, -0.05) is 25.4 Å². The maximum absolute atomic E-state index is 6.01. The summed E-state index contributed by atoms with van der Waals surface area (Å²) in [6, 6.07) is 5.78. The van der Waals surface area contributed by atoms with Gasteiger partial charge in [-0.25, -0.2) is 9.97 Å². The number of rotatable bonds is 5. The molecule has 0 aliphatic rings. The van der Waals surface area contributed by atoms with E-state index >= 15 is 0 Å². The lowest BCUT2D eigenvalue weighted by Gasteiger charge is -2.09. The van der Waals surface area contributed by atoms with Crippen molar-refractivity contribution in [3.8, 4) is 0 Å². The molecule has 3 aromatic rings. The molecule has 3 rings (SSSR count). The maximum atomic E-state index is 6.01. The van der Waals surface area contributed by atoms with Gasteiger partial charge in [-0.15, -0.1) is 46.7 Å². The topological polar surface area (TPSA) is 62.2 Å². The number of thiazole rings is 2. The first kappa shape index (κ1) is 21.3. The van der Waals surface area contributed by atoms with E-state index in [0.717, 1.165) is 31.9 Å². The predicted octanol–water partition coefficient (Wildman–Crippen LogP) is 5.01. The number of halogens is 2. The molecule has 0 bridgehead atoms. The van der Waals surface area contributed by atoms with Crippen LogP contribution in [0.1, 0.15) is 35.5 Å². The minimum Gasteiger partial charge on any atom is -0.350 e. The smallest absolute Gasteiger partial charge is 0.191 e. The Morgan fingerprint density at radius 1 is 1.19 bits per heavy atom. The van der Waals surface area contributed by atoms with Gasteiger partial charge in [0.1, 0.15) is 10.0 Å². The molecular weight excluding hydrogens is 501 g/mol. The number of aliphatic imine (C=N–C) groups is 1. The van der Waals surface area contributed by atoms with Gasteiger partial charge in [-0.2, -0.15) is 0 Å². The van der Waals surface area contributed by atoms with Crippen molar-refractivity contribution < 1.29 is 0 Å². The van der Waals surface area contributed by atoms with Gasteiger partial charge in [-0.05, 0) is 24.1 Å². The molecule has 26 heavy (non-hydrogen) atoms. The minimum absolute atomic E-state index is 0. The van der Waals surface area contributed by atoms with Crippen molar-refractivity contribution in [3.05, 3.63) is 44.3 Å². The van der Waals surface area contributed by atoms with Gasteiger partial charge in [0, 0.05) is 17.5 Å². The molecule has 0 radical (unpaired) electrons. The van der Waals surface area contributed by atoms with Gasteiger partial charge in [0.2, 0.25) is 0 Å². The molecule has 0 fully saturated rings. The molecule has 1 aromatic carbocycles. The number of nitrogens with one attached hydrogen (secondary N) is 2. The van der Waals surface area contributed by atoms with E-state index in [1.165, 1.54) is 0 Å². The third-order valence-electron chi connectivity index (χ3n) is 3.59.